The predicted molar refractivity (Wildman–Crippen MR) is 18.2 cm³/mol. The van der Waals surface area contributed by atoms with Crippen LogP contribution in [-0.2, 0) is 4.29 Å². The number of hydrogen-bond donors (Lipinski definition) is 0. The first-order valence-corrected chi connectivity index (χ1v) is 1.44. The van der Waals surface area contributed by atoms with E-state index in [9.17, 15) is 4.79 Å². The summed E-state index contributed by atoms with van der Waals surface area (Å²) in [5.41, 5.74) is -1.01. The summed E-state index contributed by atoms with van der Waals surface area (Å²) in [6.45, 7) is 0. The second-order valence-electron chi connectivity index (χ2n) is 0.315. The van der Waals surface area contributed by atoms with E-state index in [-0.39, 0.29) is 0 Å². The summed E-state index contributed by atoms with van der Waals surface area (Å²) >= 11 is 8.82. The van der Waals surface area contributed by atoms with Gasteiger partial charge in [-0.25, -0.2) is 4.79 Å². The fourth-order valence-electron chi connectivity index (χ4n) is 0. The molecule has 5 heavy (non-hydrogen) atoms. The summed E-state index contributed by atoms with van der Waals surface area (Å²) in [4.78, 5) is 9.22. The highest BCUT2D eigenvalue weighted by Gasteiger charge is 1.84. The van der Waals surface area contributed by atoms with Crippen molar-refractivity contribution in [2.24, 2.45) is 0 Å². The maximum atomic E-state index is 9.22. The summed E-state index contributed by atoms with van der Waals surface area (Å²) in [5.74, 6) is 0. The van der Waals surface area contributed by atoms with Gasteiger partial charge in [0.25, 0.3) is 0 Å². The van der Waals surface area contributed by atoms with Gasteiger partial charge in [-0.2, -0.15) is 0 Å². The van der Waals surface area contributed by atoms with Crippen molar-refractivity contribution in [2.75, 3.05) is 0 Å². The molecule has 4 heteroatoms. The summed E-state index contributed by atoms with van der Waals surface area (Å²) in [6, 6.07) is 0. The Morgan fingerprint density at radius 1 is 1.80 bits per heavy atom. The van der Waals surface area contributed by atoms with Crippen LogP contribution < -0.4 is 0 Å². The van der Waals surface area contributed by atoms with Crippen molar-refractivity contribution < 1.29 is 9.08 Å². The van der Waals surface area contributed by atoms with E-state index in [1.807, 2.05) is 0 Å². The quantitative estimate of drug-likeness (QED) is 0.447. The zero-order chi connectivity index (χ0) is 4.28. The van der Waals surface area contributed by atoms with Crippen LogP contribution in [0.3, 0.4) is 0 Å². The number of rotatable bonds is 0. The number of carbonyl (C=O) groups excluding carboxylic acids is 1. The topological polar surface area (TPSA) is 26.3 Å². The molecular weight excluding hydrogens is 115 g/mol. The van der Waals surface area contributed by atoms with Crippen LogP contribution in [-0.4, -0.2) is 5.43 Å². The molecule has 0 saturated carbocycles. The average Bonchev–Trinajstić information content (AvgIpc) is 1.38. The largest absolute Gasteiger partial charge is 0.421 e. The molecule has 0 heterocycles. The minimum Gasteiger partial charge on any atom is -0.334 e. The minimum absolute atomic E-state index is 1.01. The van der Waals surface area contributed by atoms with Crippen molar-refractivity contribution in [3.8, 4) is 0 Å². The van der Waals surface area contributed by atoms with Crippen molar-refractivity contribution in [2.45, 2.75) is 0 Å². The lowest BCUT2D eigenvalue weighted by Gasteiger charge is -1.71. The lowest BCUT2D eigenvalue weighted by molar-refractivity contribution is 0.230. The van der Waals surface area contributed by atoms with Gasteiger partial charge in [0.1, 0.15) is 11.9 Å². The number of hydrogen-bond acceptors (Lipinski definition) is 2. The van der Waals surface area contributed by atoms with Crippen LogP contribution in [0.25, 0.3) is 0 Å². The molecule has 0 rings (SSSR count). The molecule has 0 fully saturated rings. The minimum atomic E-state index is -1.01. The zero-order valence-corrected chi connectivity index (χ0v) is 3.58. The second kappa shape index (κ2) is 2.30. The molecule has 0 atom stereocenters. The summed E-state index contributed by atoms with van der Waals surface area (Å²) in [5, 5.41) is 0. The molecule has 0 saturated heterocycles. The Morgan fingerprint density at radius 2 is 2.00 bits per heavy atom. The molecule has 0 radical (unpaired) electrons. The van der Waals surface area contributed by atoms with Crippen LogP contribution in [0.15, 0.2) is 0 Å². The molecule has 0 aromatic heterocycles. The van der Waals surface area contributed by atoms with Gasteiger partial charge in [-0.3, -0.25) is 0 Å². The molecule has 0 spiro atoms. The Kier molecular flexibility index (Phi) is 2.32. The highest BCUT2D eigenvalue weighted by molar-refractivity contribution is 6.62. The highest BCUT2D eigenvalue weighted by atomic mass is 35.5. The summed E-state index contributed by atoms with van der Waals surface area (Å²) in [7, 11) is 0. The molecule has 0 aromatic carbocycles. The monoisotopic (exact) mass is 114 g/mol. The molecule has 0 aliphatic rings. The van der Waals surface area contributed by atoms with Gasteiger partial charge in [0.15, 0.2) is 0 Å². The van der Waals surface area contributed by atoms with Gasteiger partial charge >= 0.3 is 5.43 Å². The molecule has 0 amide bonds. The first-order chi connectivity index (χ1) is 2.27. The van der Waals surface area contributed by atoms with E-state index in [0.717, 1.165) is 0 Å². The van der Waals surface area contributed by atoms with Gasteiger partial charge in [0, 0.05) is 11.6 Å². The predicted octanol–water partition coefficient (Wildman–Crippen LogP) is 1.52. The van der Waals surface area contributed by atoms with E-state index >= 15 is 0 Å². The van der Waals surface area contributed by atoms with Crippen molar-refractivity contribution in [1.82, 2.24) is 0 Å². The van der Waals surface area contributed by atoms with E-state index in [2.05, 4.69) is 27.8 Å². The Labute approximate surface area is 38.8 Å². The fourth-order valence-corrected chi connectivity index (χ4v) is 0. The Bertz CT molecular complexity index is 42.9. The Hall–Kier alpha value is 0.0500. The molecule has 0 aromatic rings. The molecule has 0 N–H and O–H groups in total. The van der Waals surface area contributed by atoms with E-state index in [1.165, 1.54) is 0 Å². The van der Waals surface area contributed by atoms with E-state index in [1.54, 1.807) is 0 Å². The van der Waals surface area contributed by atoms with Crippen molar-refractivity contribution >= 4 is 28.9 Å². The van der Waals surface area contributed by atoms with Crippen LogP contribution in [0.5, 0.6) is 0 Å². The van der Waals surface area contributed by atoms with Crippen LogP contribution in [0, 0.1) is 0 Å². The van der Waals surface area contributed by atoms with E-state index in [0.29, 0.717) is 0 Å². The molecule has 2 nitrogen and oxygen atoms in total. The number of carbonyl (C=O) groups is 1. The third-order valence-electron chi connectivity index (χ3n) is 0.0607. The van der Waals surface area contributed by atoms with Crippen LogP contribution in [0.1, 0.15) is 0 Å². The first kappa shape index (κ1) is 5.05. The Balaban J connectivity index is 2.85. The lowest BCUT2D eigenvalue weighted by atomic mass is 11.6. The van der Waals surface area contributed by atoms with Gasteiger partial charge in [0.05, 0.1) is 0 Å². The molecule has 0 bridgehead atoms. The van der Waals surface area contributed by atoms with E-state index in [4.69, 9.17) is 0 Å². The molecule has 30 valence electrons. The van der Waals surface area contributed by atoms with Gasteiger partial charge < -0.3 is 4.29 Å². The van der Waals surface area contributed by atoms with Gasteiger partial charge in [-0.05, 0) is 0 Å². The standard InChI is InChI=1S/CCl2O2/c2-1(4)5-3. The third-order valence-corrected chi connectivity index (χ3v) is 0.357. The van der Waals surface area contributed by atoms with Gasteiger partial charge in [0.2, 0.25) is 0 Å². The van der Waals surface area contributed by atoms with Gasteiger partial charge in [-0.15, -0.1) is 0 Å². The first-order valence-electron chi connectivity index (χ1n) is 0.752. The maximum Gasteiger partial charge on any atom is 0.421 e. The average molecular weight is 115 g/mol. The molecule has 0 aliphatic carbocycles. The normalized spacial score (nSPS) is 6.80. The van der Waals surface area contributed by atoms with Gasteiger partial charge in [-0.1, -0.05) is 0 Å². The Morgan fingerprint density at radius 3 is 2.00 bits per heavy atom. The molecule has 0 aliphatic heterocycles. The molecular formula is CCl2O2. The van der Waals surface area contributed by atoms with Crippen molar-refractivity contribution in [1.29, 1.82) is 0 Å². The van der Waals surface area contributed by atoms with Crippen molar-refractivity contribution in [3.63, 3.8) is 0 Å². The van der Waals surface area contributed by atoms with Crippen LogP contribution in [0.2, 0.25) is 0 Å². The summed E-state index contributed by atoms with van der Waals surface area (Å²) < 4.78 is 3.35. The lowest BCUT2D eigenvalue weighted by Crippen LogP contribution is -1.72. The van der Waals surface area contributed by atoms with Crippen LogP contribution in [0.4, 0.5) is 4.79 Å². The fraction of sp³-hybridized carbons (Fsp3) is 0. The smallest absolute Gasteiger partial charge is 0.334 e. The van der Waals surface area contributed by atoms with E-state index < -0.39 is 5.43 Å². The third kappa shape index (κ3) is 4.05. The number of halogens is 2. The summed E-state index contributed by atoms with van der Waals surface area (Å²) in [6.07, 6.45) is 0. The SMILES string of the molecule is O=C(Cl)OCl. The molecule has 0 unspecified atom stereocenters. The maximum absolute atomic E-state index is 9.22. The van der Waals surface area contributed by atoms with Crippen LogP contribution >= 0.6 is 23.5 Å². The zero-order valence-electron chi connectivity index (χ0n) is 2.07. The van der Waals surface area contributed by atoms with Crippen molar-refractivity contribution in [3.05, 3.63) is 0 Å². The second-order valence-corrected chi connectivity index (χ2v) is 0.778. The highest BCUT2D eigenvalue weighted by Crippen LogP contribution is 1.87.